The van der Waals surface area contributed by atoms with Crippen molar-refractivity contribution in [3.8, 4) is 0 Å². The van der Waals surface area contributed by atoms with Crippen molar-refractivity contribution in [2.24, 2.45) is 0 Å². The highest BCUT2D eigenvalue weighted by Gasteiger charge is 2.15. The van der Waals surface area contributed by atoms with Crippen LogP contribution in [0.2, 0.25) is 0 Å². The van der Waals surface area contributed by atoms with Crippen molar-refractivity contribution in [2.75, 3.05) is 23.8 Å². The summed E-state index contributed by atoms with van der Waals surface area (Å²) in [5.74, 6) is -0.0187. The zero-order valence-electron chi connectivity index (χ0n) is 15.5. The van der Waals surface area contributed by atoms with Crippen LogP contribution in [0.1, 0.15) is 35.2 Å². The fraction of sp³-hybridized carbons (Fsp3) is 0.273. The molecular weight excluding hydrogens is 356 g/mol. The smallest absolute Gasteiger partial charge is 0.193 e. The Labute approximate surface area is 163 Å². The molecule has 0 radical (unpaired) electrons. The van der Waals surface area contributed by atoms with Gasteiger partial charge in [-0.3, -0.25) is 9.59 Å². The molecule has 0 heterocycles. The number of aliphatic hydroxyl groups is 2. The Hall–Kier alpha value is -2.96. The first-order chi connectivity index (χ1) is 13.6. The molecule has 6 nitrogen and oxygen atoms in total. The van der Waals surface area contributed by atoms with Gasteiger partial charge in [-0.15, -0.1) is 0 Å². The van der Waals surface area contributed by atoms with Crippen LogP contribution in [0.15, 0.2) is 60.3 Å². The van der Waals surface area contributed by atoms with E-state index >= 15 is 0 Å². The first-order valence-corrected chi connectivity index (χ1v) is 9.34. The number of aliphatic hydroxyl groups excluding tert-OH is 2. The van der Waals surface area contributed by atoms with Gasteiger partial charge in [-0.2, -0.15) is 0 Å². The van der Waals surface area contributed by atoms with Crippen LogP contribution in [0.5, 0.6) is 0 Å². The average molecular weight is 380 g/mol. The lowest BCUT2D eigenvalue weighted by atomic mass is 10.0. The highest BCUT2D eigenvalue weighted by atomic mass is 16.3. The zero-order chi connectivity index (χ0) is 19.9. The van der Waals surface area contributed by atoms with Crippen LogP contribution >= 0.6 is 0 Å². The average Bonchev–Trinajstić information content (AvgIpc) is 2.72. The van der Waals surface area contributed by atoms with Crippen molar-refractivity contribution in [3.63, 3.8) is 0 Å². The van der Waals surface area contributed by atoms with E-state index in [-0.39, 0.29) is 24.7 Å². The van der Waals surface area contributed by atoms with E-state index in [4.69, 9.17) is 5.11 Å². The Balaban J connectivity index is 1.89. The largest absolute Gasteiger partial charge is 0.394 e. The quantitative estimate of drug-likeness (QED) is 0.526. The number of hydrogen-bond donors (Lipinski definition) is 4. The van der Waals surface area contributed by atoms with Crippen molar-refractivity contribution in [3.05, 3.63) is 71.4 Å². The van der Waals surface area contributed by atoms with E-state index < -0.39 is 6.10 Å². The Kier molecular flexibility index (Phi) is 6.57. The van der Waals surface area contributed by atoms with E-state index in [1.54, 1.807) is 36.4 Å². The van der Waals surface area contributed by atoms with Crippen molar-refractivity contribution >= 4 is 22.9 Å². The van der Waals surface area contributed by atoms with Crippen molar-refractivity contribution in [1.29, 1.82) is 0 Å². The first kappa shape index (κ1) is 19.8. The van der Waals surface area contributed by atoms with Crippen LogP contribution in [0.3, 0.4) is 0 Å². The van der Waals surface area contributed by atoms with Gasteiger partial charge in [0.2, 0.25) is 0 Å². The fourth-order valence-electron chi connectivity index (χ4n) is 3.05. The second kappa shape index (κ2) is 9.30. The Morgan fingerprint density at radius 2 is 1.82 bits per heavy atom. The Morgan fingerprint density at radius 1 is 1.04 bits per heavy atom. The summed E-state index contributed by atoms with van der Waals surface area (Å²) in [6.45, 7) is -0.185. The molecule has 28 heavy (non-hydrogen) atoms. The number of carbonyl (C=O) groups is 2. The van der Waals surface area contributed by atoms with Gasteiger partial charge in [0.1, 0.15) is 0 Å². The summed E-state index contributed by atoms with van der Waals surface area (Å²) in [4.78, 5) is 24.5. The summed E-state index contributed by atoms with van der Waals surface area (Å²) in [6, 6.07) is 14.2. The topological polar surface area (TPSA) is 98.7 Å². The van der Waals surface area contributed by atoms with E-state index in [1.165, 1.54) is 0 Å². The predicted octanol–water partition coefficient (Wildman–Crippen LogP) is 2.73. The van der Waals surface area contributed by atoms with Gasteiger partial charge in [-0.1, -0.05) is 30.3 Å². The van der Waals surface area contributed by atoms with Crippen molar-refractivity contribution in [2.45, 2.75) is 25.4 Å². The van der Waals surface area contributed by atoms with Crippen LogP contribution in [0.25, 0.3) is 0 Å². The second-order valence-electron chi connectivity index (χ2n) is 6.79. The van der Waals surface area contributed by atoms with Gasteiger partial charge >= 0.3 is 0 Å². The third-order valence-corrected chi connectivity index (χ3v) is 4.56. The molecule has 1 atom stereocenters. The van der Waals surface area contributed by atoms with Gasteiger partial charge in [0.05, 0.1) is 24.1 Å². The molecule has 0 aromatic heterocycles. The molecule has 0 fully saturated rings. The lowest BCUT2D eigenvalue weighted by Gasteiger charge is -2.19. The molecule has 4 N–H and O–H groups in total. The molecule has 0 aliphatic heterocycles. The summed E-state index contributed by atoms with van der Waals surface area (Å²) in [6.07, 6.45) is 2.79. The minimum atomic E-state index is -0.894. The molecule has 3 rings (SSSR count). The van der Waals surface area contributed by atoms with Crippen LogP contribution in [-0.2, 0) is 4.79 Å². The van der Waals surface area contributed by atoms with Crippen LogP contribution in [0.4, 0.5) is 11.4 Å². The van der Waals surface area contributed by atoms with Gasteiger partial charge in [0.25, 0.3) is 0 Å². The molecule has 0 saturated carbocycles. The monoisotopic (exact) mass is 380 g/mol. The molecule has 2 aromatic carbocycles. The molecule has 1 aliphatic carbocycles. The molecule has 0 amide bonds. The standard InChI is InChI=1S/C22H24N2O4/c25-14-19(27)13-23-20-10-9-16(22(28)15-5-2-1-3-6-15)11-21(20)24-17-7-4-8-18(26)12-17/h1-3,5-6,9-12,19,23-25,27H,4,7-8,13-14H2. The molecule has 1 aliphatic rings. The molecule has 6 heteroatoms. The lowest BCUT2D eigenvalue weighted by molar-refractivity contribution is -0.115. The highest BCUT2D eigenvalue weighted by Crippen LogP contribution is 2.28. The minimum Gasteiger partial charge on any atom is -0.394 e. The van der Waals surface area contributed by atoms with Gasteiger partial charge < -0.3 is 20.8 Å². The van der Waals surface area contributed by atoms with Crippen LogP contribution in [0, 0.1) is 0 Å². The molecule has 146 valence electrons. The normalized spacial score (nSPS) is 14.9. The SMILES string of the molecule is O=C1C=C(Nc2cc(C(=O)c3ccccc3)ccc2NCC(O)CO)CCC1. The van der Waals surface area contributed by atoms with E-state index in [0.717, 1.165) is 18.5 Å². The summed E-state index contributed by atoms with van der Waals surface area (Å²) < 4.78 is 0. The lowest BCUT2D eigenvalue weighted by Crippen LogP contribution is -2.23. The summed E-state index contributed by atoms with van der Waals surface area (Å²) >= 11 is 0. The minimum absolute atomic E-state index is 0.0791. The van der Waals surface area contributed by atoms with E-state index in [0.29, 0.717) is 28.9 Å². The fourth-order valence-corrected chi connectivity index (χ4v) is 3.05. The molecular formula is C22H24N2O4. The number of ketones is 2. The highest BCUT2D eigenvalue weighted by molar-refractivity contribution is 6.10. The third-order valence-electron chi connectivity index (χ3n) is 4.56. The zero-order valence-corrected chi connectivity index (χ0v) is 15.5. The van der Waals surface area contributed by atoms with Crippen molar-refractivity contribution in [1.82, 2.24) is 0 Å². The maximum Gasteiger partial charge on any atom is 0.193 e. The molecule has 1 unspecified atom stereocenters. The third kappa shape index (κ3) is 5.06. The van der Waals surface area contributed by atoms with Gasteiger partial charge in [0.15, 0.2) is 11.6 Å². The number of anilines is 2. The van der Waals surface area contributed by atoms with Gasteiger partial charge in [-0.25, -0.2) is 0 Å². The number of allylic oxidation sites excluding steroid dienone is 2. The number of carbonyl (C=O) groups excluding carboxylic acids is 2. The number of benzene rings is 2. The molecule has 0 spiro atoms. The van der Waals surface area contributed by atoms with Gasteiger partial charge in [0, 0.05) is 35.9 Å². The summed E-state index contributed by atoms with van der Waals surface area (Å²) in [7, 11) is 0. The summed E-state index contributed by atoms with van der Waals surface area (Å²) in [5.41, 5.74) is 3.23. The summed E-state index contributed by atoms with van der Waals surface area (Å²) in [5, 5.41) is 25.0. The van der Waals surface area contributed by atoms with Gasteiger partial charge in [-0.05, 0) is 31.0 Å². The van der Waals surface area contributed by atoms with E-state index in [9.17, 15) is 14.7 Å². The number of rotatable bonds is 8. The Morgan fingerprint density at radius 3 is 2.54 bits per heavy atom. The molecule has 2 aromatic rings. The Bertz CT molecular complexity index is 877. The van der Waals surface area contributed by atoms with Crippen LogP contribution in [-0.4, -0.2) is 41.0 Å². The molecule has 0 bridgehead atoms. The number of nitrogens with one attached hydrogen (secondary N) is 2. The predicted molar refractivity (Wildman–Crippen MR) is 108 cm³/mol. The first-order valence-electron chi connectivity index (χ1n) is 9.34. The van der Waals surface area contributed by atoms with E-state index in [1.807, 2.05) is 18.2 Å². The molecule has 0 saturated heterocycles. The van der Waals surface area contributed by atoms with E-state index in [2.05, 4.69) is 10.6 Å². The van der Waals surface area contributed by atoms with Crippen molar-refractivity contribution < 1.29 is 19.8 Å². The second-order valence-corrected chi connectivity index (χ2v) is 6.79. The maximum absolute atomic E-state index is 12.8. The maximum atomic E-state index is 12.8. The number of hydrogen-bond acceptors (Lipinski definition) is 6. The van der Waals surface area contributed by atoms with Crippen LogP contribution < -0.4 is 10.6 Å².